The second-order valence-electron chi connectivity index (χ2n) is 5.64. The number of hydrogen-bond acceptors (Lipinski definition) is 2. The first-order chi connectivity index (χ1) is 6.68. The van der Waals surface area contributed by atoms with Crippen molar-refractivity contribution in [3.63, 3.8) is 0 Å². The fourth-order valence-corrected chi connectivity index (χ4v) is 9.83. The van der Waals surface area contributed by atoms with Crippen LogP contribution in [-0.4, -0.2) is 36.9 Å². The van der Waals surface area contributed by atoms with Crippen molar-refractivity contribution in [2.75, 3.05) is 0 Å². The van der Waals surface area contributed by atoms with E-state index < -0.39 is 17.4 Å². The van der Waals surface area contributed by atoms with Crippen LogP contribution in [0.1, 0.15) is 20.3 Å². The Morgan fingerprint density at radius 3 is 2.27 bits per heavy atom. The van der Waals surface area contributed by atoms with Gasteiger partial charge in [0.15, 0.2) is 17.4 Å². The van der Waals surface area contributed by atoms with E-state index in [9.17, 15) is 4.80 Å². The van der Waals surface area contributed by atoms with E-state index in [1.807, 2.05) is 13.1 Å². The molecule has 0 aliphatic rings. The van der Waals surface area contributed by atoms with Gasteiger partial charge in [-0.15, -0.1) is 0 Å². The average Bonchev–Trinajstić information content (AvgIpc) is 2.00. The molecule has 1 unspecified atom stereocenters. The molecule has 5 heteroatoms. The van der Waals surface area contributed by atoms with Crippen molar-refractivity contribution in [2.45, 2.75) is 63.8 Å². The van der Waals surface area contributed by atoms with E-state index in [4.69, 9.17) is 4.43 Å². The summed E-state index contributed by atoms with van der Waals surface area (Å²) in [7, 11) is -2.94. The van der Waals surface area contributed by atoms with Gasteiger partial charge in [0.25, 0.3) is 0 Å². The molecule has 0 aromatic carbocycles. The van der Waals surface area contributed by atoms with Crippen LogP contribution >= 0.6 is 0 Å². The van der Waals surface area contributed by atoms with Gasteiger partial charge in [0, 0.05) is 5.22 Å². The van der Waals surface area contributed by atoms with Crippen LogP contribution in [0.3, 0.4) is 0 Å². The van der Waals surface area contributed by atoms with Gasteiger partial charge in [-0.05, 0) is 45.6 Å². The third-order valence-corrected chi connectivity index (χ3v) is 8.85. The Morgan fingerprint density at radius 2 is 1.93 bits per heavy atom. The summed E-state index contributed by atoms with van der Waals surface area (Å²) in [5, 5.41) is 0.194. The summed E-state index contributed by atoms with van der Waals surface area (Å²) in [4.78, 5) is 9.80. The standard InChI is InChI=1S/C10H28O2Si3/c1-7-10(2,12-14(3)4)13-8-9-15(5,6)11/h11,14H,7-9,13H2,1-6H3. The summed E-state index contributed by atoms with van der Waals surface area (Å²) < 4.78 is 6.14. The van der Waals surface area contributed by atoms with Gasteiger partial charge in [-0.25, -0.2) is 0 Å². The molecule has 0 spiro atoms. The van der Waals surface area contributed by atoms with Crippen molar-refractivity contribution in [3.8, 4) is 0 Å². The van der Waals surface area contributed by atoms with Crippen LogP contribution in [0.2, 0.25) is 38.3 Å². The van der Waals surface area contributed by atoms with Crippen molar-refractivity contribution in [1.29, 1.82) is 0 Å². The molecule has 0 radical (unpaired) electrons. The summed E-state index contributed by atoms with van der Waals surface area (Å²) in [6.07, 6.45) is 1.14. The maximum absolute atomic E-state index is 9.80. The molecule has 1 N–H and O–H groups in total. The zero-order valence-electron chi connectivity index (χ0n) is 11.3. The SMILES string of the molecule is CCC(C)(O[SiH](C)C)[SiH2]CC[Si](C)(C)O. The topological polar surface area (TPSA) is 29.5 Å². The van der Waals surface area contributed by atoms with Gasteiger partial charge in [-0.1, -0.05) is 13.0 Å². The molecular formula is C10H28O2Si3. The summed E-state index contributed by atoms with van der Waals surface area (Å²) >= 11 is 0. The third kappa shape index (κ3) is 8.39. The molecule has 0 aliphatic heterocycles. The minimum atomic E-state index is -1.82. The Morgan fingerprint density at radius 1 is 1.40 bits per heavy atom. The van der Waals surface area contributed by atoms with E-state index >= 15 is 0 Å². The van der Waals surface area contributed by atoms with Crippen molar-refractivity contribution in [3.05, 3.63) is 0 Å². The lowest BCUT2D eigenvalue weighted by atomic mass is 10.3. The van der Waals surface area contributed by atoms with Gasteiger partial charge < -0.3 is 9.22 Å². The van der Waals surface area contributed by atoms with Crippen molar-refractivity contribution < 1.29 is 9.22 Å². The van der Waals surface area contributed by atoms with Crippen LogP contribution < -0.4 is 0 Å². The molecule has 0 aromatic rings. The fourth-order valence-electron chi connectivity index (χ4n) is 1.78. The molecule has 0 saturated heterocycles. The first-order valence-electron chi connectivity index (χ1n) is 6.09. The second-order valence-corrected chi connectivity index (χ2v) is 14.8. The molecular weight excluding hydrogens is 236 g/mol. The van der Waals surface area contributed by atoms with Crippen LogP contribution in [0.15, 0.2) is 0 Å². The normalized spacial score (nSPS) is 17.6. The third-order valence-electron chi connectivity index (χ3n) is 2.76. The molecule has 0 fully saturated rings. The maximum Gasteiger partial charge on any atom is 0.182 e. The second kappa shape index (κ2) is 6.34. The van der Waals surface area contributed by atoms with Crippen LogP contribution in [0.5, 0.6) is 0 Å². The van der Waals surface area contributed by atoms with E-state index in [1.165, 1.54) is 6.04 Å². The predicted molar refractivity (Wildman–Crippen MR) is 76.5 cm³/mol. The molecule has 0 aromatic heterocycles. The highest BCUT2D eigenvalue weighted by Gasteiger charge is 2.26. The fraction of sp³-hybridized carbons (Fsp3) is 1.00. The van der Waals surface area contributed by atoms with E-state index in [1.54, 1.807) is 0 Å². The van der Waals surface area contributed by atoms with Gasteiger partial charge in [0.2, 0.25) is 0 Å². The van der Waals surface area contributed by atoms with Gasteiger partial charge in [-0.2, -0.15) is 0 Å². The lowest BCUT2D eigenvalue weighted by molar-refractivity contribution is 0.170. The minimum Gasteiger partial charge on any atom is -0.432 e. The van der Waals surface area contributed by atoms with Crippen molar-refractivity contribution in [1.82, 2.24) is 0 Å². The van der Waals surface area contributed by atoms with Crippen LogP contribution in [0.25, 0.3) is 0 Å². The maximum atomic E-state index is 9.80. The van der Waals surface area contributed by atoms with Gasteiger partial charge in [-0.3, -0.25) is 0 Å². The molecule has 1 atom stereocenters. The Balaban J connectivity index is 3.99. The molecule has 0 aliphatic carbocycles. The lowest BCUT2D eigenvalue weighted by Gasteiger charge is -2.31. The molecule has 0 amide bonds. The van der Waals surface area contributed by atoms with Crippen LogP contribution in [-0.2, 0) is 4.43 Å². The summed E-state index contributed by atoms with van der Waals surface area (Å²) in [6.45, 7) is 13.1. The Labute approximate surface area is 100 Å². The Bertz CT molecular complexity index is 180. The van der Waals surface area contributed by atoms with E-state index in [2.05, 4.69) is 26.9 Å². The number of hydrogen-bond donors (Lipinski definition) is 1. The summed E-state index contributed by atoms with van der Waals surface area (Å²) in [6, 6.07) is 2.29. The average molecular weight is 265 g/mol. The Kier molecular flexibility index (Phi) is 6.58. The van der Waals surface area contributed by atoms with Crippen LogP contribution in [0.4, 0.5) is 0 Å². The molecule has 0 saturated carbocycles. The minimum absolute atomic E-state index is 0.194. The van der Waals surface area contributed by atoms with Gasteiger partial charge in [0.1, 0.15) is 0 Å². The quantitative estimate of drug-likeness (QED) is 0.712. The molecule has 0 bridgehead atoms. The molecule has 15 heavy (non-hydrogen) atoms. The highest BCUT2D eigenvalue weighted by molar-refractivity contribution is 6.70. The van der Waals surface area contributed by atoms with E-state index in [-0.39, 0.29) is 14.7 Å². The number of rotatable bonds is 7. The van der Waals surface area contributed by atoms with Crippen molar-refractivity contribution in [2.24, 2.45) is 0 Å². The first kappa shape index (κ1) is 15.6. The van der Waals surface area contributed by atoms with E-state index in [0.29, 0.717) is 0 Å². The van der Waals surface area contributed by atoms with E-state index in [0.717, 1.165) is 12.5 Å². The first-order valence-corrected chi connectivity index (χ1v) is 13.7. The largest absolute Gasteiger partial charge is 0.432 e. The zero-order chi connectivity index (χ0) is 12.1. The lowest BCUT2D eigenvalue weighted by Crippen LogP contribution is -2.39. The van der Waals surface area contributed by atoms with Crippen molar-refractivity contribution >= 4 is 26.9 Å². The molecule has 0 heterocycles. The highest BCUT2D eigenvalue weighted by atomic mass is 28.4. The predicted octanol–water partition coefficient (Wildman–Crippen LogP) is 1.90. The molecule has 0 rings (SSSR count). The molecule has 2 nitrogen and oxygen atoms in total. The zero-order valence-corrected chi connectivity index (χ0v) is 14.8. The van der Waals surface area contributed by atoms with Crippen LogP contribution in [0, 0.1) is 0 Å². The Hall–Kier alpha value is 0.571. The van der Waals surface area contributed by atoms with Gasteiger partial charge in [0.05, 0.1) is 9.52 Å². The summed E-state index contributed by atoms with van der Waals surface area (Å²) in [5.41, 5.74) is 0. The molecule has 92 valence electrons. The summed E-state index contributed by atoms with van der Waals surface area (Å²) in [5.74, 6) is 0. The smallest absolute Gasteiger partial charge is 0.182 e. The highest BCUT2D eigenvalue weighted by Crippen LogP contribution is 2.19. The van der Waals surface area contributed by atoms with Gasteiger partial charge >= 0.3 is 0 Å². The monoisotopic (exact) mass is 264 g/mol.